The number of hydrogen-bond acceptors (Lipinski definition) is 4. The first-order chi connectivity index (χ1) is 12.4. The van der Waals surface area contributed by atoms with Crippen molar-refractivity contribution in [3.05, 3.63) is 28.3 Å². The highest BCUT2D eigenvalue weighted by molar-refractivity contribution is 6.06. The number of nitrogens with zero attached hydrogens (tertiary/aromatic N) is 2. The zero-order valence-corrected chi connectivity index (χ0v) is 13.5. The summed E-state index contributed by atoms with van der Waals surface area (Å²) in [5.41, 5.74) is 3.53. The van der Waals surface area contributed by atoms with Gasteiger partial charge in [-0.2, -0.15) is 0 Å². The average molecular weight is 319 g/mol. The monoisotopic (exact) mass is 319 g/mol. The highest BCUT2D eigenvalue weighted by Crippen LogP contribution is 2.36. The van der Waals surface area contributed by atoms with Crippen molar-refractivity contribution in [2.24, 2.45) is 0 Å². The van der Waals surface area contributed by atoms with Crippen molar-refractivity contribution in [2.75, 3.05) is 19.4 Å². The van der Waals surface area contributed by atoms with Crippen molar-refractivity contribution >= 4 is 23.4 Å². The Hall–Kier alpha value is -2.37. The third kappa shape index (κ3) is 2.20. The van der Waals surface area contributed by atoms with Crippen LogP contribution in [0.15, 0.2) is 6.07 Å². The van der Waals surface area contributed by atoms with E-state index in [2.05, 4.69) is 5.32 Å². The van der Waals surface area contributed by atoms with Gasteiger partial charge < -0.3 is 10.2 Å². The van der Waals surface area contributed by atoms with E-state index in [9.17, 15) is 14.4 Å². The lowest BCUT2D eigenvalue weighted by atomic mass is 9.98. The standard InChI is InChI=1S/C17H21N3O3/c1-9-7-11-12(15(18-3)10(9)2)8-20(16(11)22)13-5-6-14(21)19(4)17(13)23/h7,13,18H,5-6,8H2,1-4H3/i5D2,6D2. The third-order valence-corrected chi connectivity index (χ3v) is 4.52. The van der Waals surface area contributed by atoms with Gasteiger partial charge in [0.25, 0.3) is 11.8 Å². The van der Waals surface area contributed by atoms with Crippen LogP contribution in [-0.2, 0) is 16.1 Å². The number of aryl methyl sites for hydroxylation is 1. The van der Waals surface area contributed by atoms with Crippen LogP contribution in [0.5, 0.6) is 0 Å². The van der Waals surface area contributed by atoms with Crippen LogP contribution < -0.4 is 5.32 Å². The Labute approximate surface area is 141 Å². The summed E-state index contributed by atoms with van der Waals surface area (Å²) in [5.74, 6) is -2.73. The first-order valence-electron chi connectivity index (χ1n) is 9.31. The van der Waals surface area contributed by atoms with E-state index in [0.29, 0.717) is 16.0 Å². The van der Waals surface area contributed by atoms with Crippen molar-refractivity contribution in [3.8, 4) is 0 Å². The number of carbonyl (C=O) groups is 3. The van der Waals surface area contributed by atoms with Gasteiger partial charge in [-0.3, -0.25) is 19.3 Å². The molecule has 122 valence electrons. The molecule has 1 N–H and O–H groups in total. The van der Waals surface area contributed by atoms with Gasteiger partial charge in [0.15, 0.2) is 0 Å². The molecule has 6 nitrogen and oxygen atoms in total. The van der Waals surface area contributed by atoms with Crippen LogP contribution in [0.1, 0.15) is 45.3 Å². The number of rotatable bonds is 2. The van der Waals surface area contributed by atoms with E-state index in [1.807, 2.05) is 13.8 Å². The Balaban J connectivity index is 2.13. The lowest BCUT2D eigenvalue weighted by molar-refractivity contribution is -0.150. The SMILES string of the molecule is [2H]C1([2H])C(=O)N(C)C(=O)C(N2Cc3c(cc(C)c(C)c3NC)C2=O)C1([2H])[2H]. The molecule has 1 saturated heterocycles. The quantitative estimate of drug-likeness (QED) is 0.838. The minimum atomic E-state index is -2.94. The minimum absolute atomic E-state index is 0.0422. The van der Waals surface area contributed by atoms with Gasteiger partial charge in [-0.05, 0) is 37.4 Å². The molecule has 2 heterocycles. The van der Waals surface area contributed by atoms with E-state index in [4.69, 9.17) is 5.48 Å². The maximum atomic E-state index is 13.0. The molecule has 3 rings (SSSR count). The molecule has 23 heavy (non-hydrogen) atoms. The Kier molecular flexibility index (Phi) is 2.62. The minimum Gasteiger partial charge on any atom is -0.388 e. The number of amides is 3. The van der Waals surface area contributed by atoms with Crippen molar-refractivity contribution in [3.63, 3.8) is 0 Å². The number of anilines is 1. The van der Waals surface area contributed by atoms with E-state index in [0.717, 1.165) is 28.8 Å². The molecule has 0 bridgehead atoms. The first kappa shape index (κ1) is 11.2. The second-order valence-corrected chi connectivity index (χ2v) is 5.78. The van der Waals surface area contributed by atoms with E-state index >= 15 is 0 Å². The van der Waals surface area contributed by atoms with Crippen molar-refractivity contribution < 1.29 is 19.9 Å². The Morgan fingerprint density at radius 3 is 2.65 bits per heavy atom. The number of benzene rings is 1. The number of likely N-dealkylation sites (tertiary alicyclic amines) is 1. The average Bonchev–Trinajstić information content (AvgIpc) is 2.90. The zero-order valence-electron chi connectivity index (χ0n) is 17.5. The Morgan fingerprint density at radius 1 is 1.30 bits per heavy atom. The van der Waals surface area contributed by atoms with Crippen LogP contribution >= 0.6 is 0 Å². The van der Waals surface area contributed by atoms with E-state index in [-0.39, 0.29) is 6.54 Å². The molecule has 0 aliphatic carbocycles. The van der Waals surface area contributed by atoms with Gasteiger partial charge >= 0.3 is 0 Å². The molecule has 0 spiro atoms. The summed E-state index contributed by atoms with van der Waals surface area (Å²) < 4.78 is 32.2. The summed E-state index contributed by atoms with van der Waals surface area (Å²) in [6, 6.07) is -0.0411. The fourth-order valence-electron chi connectivity index (χ4n) is 3.04. The smallest absolute Gasteiger partial charge is 0.255 e. The summed E-state index contributed by atoms with van der Waals surface area (Å²) in [7, 11) is 2.82. The highest BCUT2D eigenvalue weighted by atomic mass is 16.2. The van der Waals surface area contributed by atoms with Gasteiger partial charge in [-0.15, -0.1) is 0 Å². The molecule has 1 fully saturated rings. The molecule has 1 atom stereocenters. The highest BCUT2D eigenvalue weighted by Gasteiger charge is 2.42. The number of piperidine rings is 1. The molecule has 0 aromatic heterocycles. The van der Waals surface area contributed by atoms with Crippen LogP contribution in [0.2, 0.25) is 0 Å². The Morgan fingerprint density at radius 2 is 2.00 bits per heavy atom. The van der Waals surface area contributed by atoms with E-state index in [1.54, 1.807) is 13.1 Å². The predicted octanol–water partition coefficient (Wildman–Crippen LogP) is 1.45. The summed E-state index contributed by atoms with van der Waals surface area (Å²) in [6.45, 7) is 3.70. The van der Waals surface area contributed by atoms with Crippen LogP contribution in [0, 0.1) is 13.8 Å². The summed E-state index contributed by atoms with van der Waals surface area (Å²) in [4.78, 5) is 39.4. The second-order valence-electron chi connectivity index (χ2n) is 5.78. The fourth-order valence-corrected chi connectivity index (χ4v) is 3.04. The maximum absolute atomic E-state index is 13.0. The molecule has 0 radical (unpaired) electrons. The molecule has 3 amide bonds. The first-order valence-corrected chi connectivity index (χ1v) is 7.31. The van der Waals surface area contributed by atoms with E-state index in [1.165, 1.54) is 0 Å². The normalized spacial score (nSPS) is 28.0. The maximum Gasteiger partial charge on any atom is 0.255 e. The van der Waals surface area contributed by atoms with Gasteiger partial charge in [-0.1, -0.05) is 0 Å². The van der Waals surface area contributed by atoms with Gasteiger partial charge in [0, 0.05) is 49.3 Å². The number of carbonyl (C=O) groups excluding carboxylic acids is 3. The molecule has 0 saturated carbocycles. The van der Waals surface area contributed by atoms with Gasteiger partial charge in [0.05, 0.1) is 0 Å². The molecular weight excluding hydrogens is 294 g/mol. The number of likely N-dealkylation sites (N-methyl/N-ethyl adjacent to an activating group) is 1. The largest absolute Gasteiger partial charge is 0.388 e. The van der Waals surface area contributed by atoms with Gasteiger partial charge in [0.1, 0.15) is 6.04 Å². The van der Waals surface area contributed by atoms with Crippen LogP contribution in [0.25, 0.3) is 0 Å². The van der Waals surface area contributed by atoms with Crippen molar-refractivity contribution in [1.82, 2.24) is 9.80 Å². The summed E-state index contributed by atoms with van der Waals surface area (Å²) in [5, 5.41) is 3.05. The topological polar surface area (TPSA) is 69.7 Å². The third-order valence-electron chi connectivity index (χ3n) is 4.52. The Bertz CT molecular complexity index is 885. The number of hydrogen-bond donors (Lipinski definition) is 1. The van der Waals surface area contributed by atoms with E-state index < -0.39 is 36.5 Å². The molecular formula is C17H21N3O3. The number of fused-ring (bicyclic) bond motifs is 1. The summed E-state index contributed by atoms with van der Waals surface area (Å²) in [6.07, 6.45) is -5.80. The molecule has 6 heteroatoms. The second kappa shape index (κ2) is 5.37. The molecule has 2 aliphatic rings. The van der Waals surface area contributed by atoms with Gasteiger partial charge in [0.2, 0.25) is 5.91 Å². The fraction of sp³-hybridized carbons (Fsp3) is 0.471. The molecule has 1 aromatic carbocycles. The number of imide groups is 1. The van der Waals surface area contributed by atoms with Crippen LogP contribution in [-0.4, -0.2) is 47.7 Å². The number of nitrogens with one attached hydrogen (secondary N) is 1. The zero-order chi connectivity index (χ0) is 20.5. The lowest BCUT2D eigenvalue weighted by Crippen LogP contribution is -2.53. The lowest BCUT2D eigenvalue weighted by Gasteiger charge is -2.33. The molecule has 1 aromatic rings. The molecule has 1 unspecified atom stereocenters. The summed E-state index contributed by atoms with van der Waals surface area (Å²) >= 11 is 0. The van der Waals surface area contributed by atoms with Crippen molar-refractivity contribution in [1.29, 1.82) is 0 Å². The predicted molar refractivity (Wildman–Crippen MR) is 86.1 cm³/mol. The van der Waals surface area contributed by atoms with Crippen LogP contribution in [0.3, 0.4) is 0 Å². The van der Waals surface area contributed by atoms with Crippen molar-refractivity contribution in [2.45, 2.75) is 39.2 Å². The van der Waals surface area contributed by atoms with Gasteiger partial charge in [-0.25, -0.2) is 0 Å². The molecule has 2 aliphatic heterocycles. The van der Waals surface area contributed by atoms with Crippen LogP contribution in [0.4, 0.5) is 5.69 Å².